The summed E-state index contributed by atoms with van der Waals surface area (Å²) in [6, 6.07) is 33.7. The fraction of sp³-hybridized carbons (Fsp3) is 0.0400. The van der Waals surface area contributed by atoms with Crippen molar-refractivity contribution < 1.29 is 0 Å². The maximum absolute atomic E-state index is 2.47. The van der Waals surface area contributed by atoms with E-state index in [2.05, 4.69) is 103 Å². The van der Waals surface area contributed by atoms with E-state index in [4.69, 9.17) is 0 Å². The first kappa shape index (κ1) is 16.2. The fourth-order valence-electron chi connectivity index (χ4n) is 4.62. The molecule has 0 radical (unpaired) electrons. The molecule has 0 saturated carbocycles. The average molecular weight is 422 g/mol. The summed E-state index contributed by atoms with van der Waals surface area (Å²) in [5, 5.41) is 2.73. The zero-order valence-corrected chi connectivity index (χ0v) is 17.3. The molecule has 1 aliphatic heterocycles. The molecule has 1 nitrogen and oxygen atoms in total. The Hall–Kier alpha value is -2.74. The molecule has 0 bridgehead atoms. The van der Waals surface area contributed by atoms with Gasteiger partial charge in [-0.05, 0) is 0 Å². The first-order valence-corrected chi connectivity index (χ1v) is 11.4. The summed E-state index contributed by atoms with van der Waals surface area (Å²) in [5.74, 6) is 0. The predicted molar refractivity (Wildman–Crippen MR) is 123 cm³/mol. The van der Waals surface area contributed by atoms with Crippen LogP contribution in [0.3, 0.4) is 0 Å². The Balaban J connectivity index is 1.70. The Morgan fingerprint density at radius 3 is 2.29 bits per heavy atom. The number of fused-ring (bicyclic) bond motifs is 5. The molecule has 0 fully saturated rings. The molecule has 0 saturated heterocycles. The van der Waals surface area contributed by atoms with Gasteiger partial charge in [-0.15, -0.1) is 0 Å². The SMILES string of the molecule is Cn1c2ccccc2c2cc3c(cc21)B(c1ccccc1)c1ccccc1[Se]3. The van der Waals surface area contributed by atoms with Gasteiger partial charge < -0.3 is 0 Å². The van der Waals surface area contributed by atoms with Crippen molar-refractivity contribution in [1.29, 1.82) is 0 Å². The second-order valence-electron chi connectivity index (χ2n) is 7.47. The molecule has 2 heterocycles. The van der Waals surface area contributed by atoms with Gasteiger partial charge in [-0.25, -0.2) is 0 Å². The van der Waals surface area contributed by atoms with Crippen LogP contribution in [0.2, 0.25) is 0 Å². The van der Waals surface area contributed by atoms with Crippen LogP contribution in [0.15, 0.2) is 91.0 Å². The molecule has 0 unspecified atom stereocenters. The second kappa shape index (κ2) is 6.14. The first-order chi connectivity index (χ1) is 13.8. The van der Waals surface area contributed by atoms with E-state index in [1.165, 1.54) is 47.1 Å². The molecular weight excluding hydrogens is 404 g/mol. The van der Waals surface area contributed by atoms with Crippen LogP contribution in [0.1, 0.15) is 0 Å². The van der Waals surface area contributed by atoms with Crippen molar-refractivity contribution in [2.75, 3.05) is 0 Å². The number of benzene rings is 4. The molecule has 132 valence electrons. The molecule has 4 aromatic carbocycles. The van der Waals surface area contributed by atoms with Gasteiger partial charge in [0, 0.05) is 0 Å². The van der Waals surface area contributed by atoms with E-state index in [1.54, 1.807) is 0 Å². The molecule has 0 aliphatic carbocycles. The quantitative estimate of drug-likeness (QED) is 0.357. The number of hydrogen-bond acceptors (Lipinski definition) is 0. The van der Waals surface area contributed by atoms with Crippen LogP contribution >= 0.6 is 0 Å². The maximum atomic E-state index is 2.47. The standard InChI is InChI=1S/C25H18BNSe/c1-27-22-13-7-5-11-18(22)19-15-25-21(16-23(19)27)26(17-9-3-2-4-10-17)20-12-6-8-14-24(20)28-25/h2-16H,1H3. The Bertz CT molecular complexity index is 1350. The summed E-state index contributed by atoms with van der Waals surface area (Å²) in [5.41, 5.74) is 6.96. The third-order valence-electron chi connectivity index (χ3n) is 5.94. The molecule has 0 amide bonds. The topological polar surface area (TPSA) is 4.93 Å². The van der Waals surface area contributed by atoms with Gasteiger partial charge in [0.15, 0.2) is 0 Å². The van der Waals surface area contributed by atoms with Crippen molar-refractivity contribution in [3.63, 3.8) is 0 Å². The molecule has 5 aromatic rings. The van der Waals surface area contributed by atoms with Crippen molar-refractivity contribution in [1.82, 2.24) is 4.57 Å². The monoisotopic (exact) mass is 423 g/mol. The van der Waals surface area contributed by atoms with Crippen LogP contribution in [0.4, 0.5) is 0 Å². The van der Waals surface area contributed by atoms with E-state index in [9.17, 15) is 0 Å². The normalized spacial score (nSPS) is 13.0. The van der Waals surface area contributed by atoms with E-state index >= 15 is 0 Å². The third kappa shape index (κ3) is 2.27. The van der Waals surface area contributed by atoms with Gasteiger partial charge in [0.2, 0.25) is 0 Å². The number of nitrogens with zero attached hydrogens (tertiary/aromatic N) is 1. The van der Waals surface area contributed by atoms with Crippen LogP contribution in [0.5, 0.6) is 0 Å². The summed E-state index contributed by atoms with van der Waals surface area (Å²) < 4.78 is 5.38. The molecule has 3 heteroatoms. The van der Waals surface area contributed by atoms with Crippen LogP contribution < -0.4 is 25.3 Å². The summed E-state index contributed by atoms with van der Waals surface area (Å²) in [6.45, 7) is 0.311. The Morgan fingerprint density at radius 1 is 0.643 bits per heavy atom. The van der Waals surface area contributed by atoms with Crippen molar-refractivity contribution in [3.8, 4) is 0 Å². The Morgan fingerprint density at radius 2 is 1.39 bits per heavy atom. The molecule has 0 spiro atoms. The summed E-state index contributed by atoms with van der Waals surface area (Å²) >= 11 is 0.336. The molecule has 1 aromatic heterocycles. The van der Waals surface area contributed by atoms with E-state index < -0.39 is 0 Å². The molecule has 1 aliphatic rings. The molecule has 28 heavy (non-hydrogen) atoms. The van der Waals surface area contributed by atoms with Crippen molar-refractivity contribution >= 4 is 68.8 Å². The number of hydrogen-bond donors (Lipinski definition) is 0. The Kier molecular flexibility index (Phi) is 3.56. The van der Waals surface area contributed by atoms with Crippen molar-refractivity contribution in [2.45, 2.75) is 0 Å². The average Bonchev–Trinajstić information content (AvgIpc) is 3.03. The van der Waals surface area contributed by atoms with Crippen LogP contribution in [-0.2, 0) is 7.05 Å². The van der Waals surface area contributed by atoms with E-state index in [-0.39, 0.29) is 0 Å². The minimum atomic E-state index is 0.311. The molecule has 0 atom stereocenters. The van der Waals surface area contributed by atoms with Gasteiger partial charge in [-0.1, -0.05) is 0 Å². The fourth-order valence-corrected chi connectivity index (χ4v) is 7.05. The van der Waals surface area contributed by atoms with E-state index in [1.807, 2.05) is 0 Å². The van der Waals surface area contributed by atoms with Gasteiger partial charge >= 0.3 is 171 Å². The van der Waals surface area contributed by atoms with Gasteiger partial charge in [0.1, 0.15) is 0 Å². The molecule has 6 rings (SSSR count). The number of para-hydroxylation sites is 1. The second-order valence-corrected chi connectivity index (χ2v) is 9.74. The Labute approximate surface area is 171 Å². The third-order valence-corrected chi connectivity index (χ3v) is 8.38. The number of aryl methyl sites for hydroxylation is 1. The zero-order chi connectivity index (χ0) is 18.7. The van der Waals surface area contributed by atoms with Crippen molar-refractivity contribution in [3.05, 3.63) is 91.0 Å². The number of aromatic nitrogens is 1. The van der Waals surface area contributed by atoms with Gasteiger partial charge in [0.05, 0.1) is 0 Å². The first-order valence-electron chi connectivity index (χ1n) is 9.64. The van der Waals surface area contributed by atoms with Gasteiger partial charge in [-0.2, -0.15) is 0 Å². The minimum absolute atomic E-state index is 0.311. The number of rotatable bonds is 1. The summed E-state index contributed by atoms with van der Waals surface area (Å²) in [7, 11) is 2.19. The van der Waals surface area contributed by atoms with Gasteiger partial charge in [-0.3, -0.25) is 0 Å². The van der Waals surface area contributed by atoms with Crippen LogP contribution in [-0.4, -0.2) is 26.2 Å². The molecule has 0 N–H and O–H groups in total. The summed E-state index contributed by atoms with van der Waals surface area (Å²) in [6.07, 6.45) is 0. The van der Waals surface area contributed by atoms with Gasteiger partial charge in [0.25, 0.3) is 0 Å². The van der Waals surface area contributed by atoms with E-state index in [0.717, 1.165) is 0 Å². The predicted octanol–water partition coefficient (Wildman–Crippen LogP) is 1.82. The zero-order valence-electron chi connectivity index (χ0n) is 15.6. The summed E-state index contributed by atoms with van der Waals surface area (Å²) in [4.78, 5) is 0. The molecular formula is C25H18BNSe. The van der Waals surface area contributed by atoms with Crippen LogP contribution in [0, 0.1) is 0 Å². The van der Waals surface area contributed by atoms with Crippen molar-refractivity contribution in [2.24, 2.45) is 7.05 Å². The van der Waals surface area contributed by atoms with Crippen LogP contribution in [0.25, 0.3) is 21.8 Å². The van der Waals surface area contributed by atoms with E-state index in [0.29, 0.717) is 21.7 Å².